The van der Waals surface area contributed by atoms with E-state index in [1.54, 1.807) is 4.57 Å². The van der Waals surface area contributed by atoms with E-state index in [2.05, 4.69) is 17.1 Å². The van der Waals surface area contributed by atoms with Crippen molar-refractivity contribution >= 4 is 51.4 Å². The molecule has 0 aliphatic carbocycles. The van der Waals surface area contributed by atoms with E-state index in [-0.39, 0.29) is 63.0 Å². The maximum Gasteiger partial charge on any atom is 0.439 e. The predicted molar refractivity (Wildman–Crippen MR) is 147 cm³/mol. The summed E-state index contributed by atoms with van der Waals surface area (Å²) in [5.41, 5.74) is 5.41. The minimum atomic E-state index is -0.588. The molecule has 1 aliphatic heterocycles. The van der Waals surface area contributed by atoms with Crippen LogP contribution in [0.4, 0.5) is 0 Å². The Morgan fingerprint density at radius 2 is 1.82 bits per heavy atom. The number of ether oxygens (including phenoxy) is 1. The van der Waals surface area contributed by atoms with Crippen molar-refractivity contribution in [2.24, 2.45) is 0 Å². The van der Waals surface area contributed by atoms with Gasteiger partial charge in [0.25, 0.3) is 5.56 Å². The Labute approximate surface area is 264 Å². The number of nitrogens with zero attached hydrogens (tertiary/aromatic N) is 3. The van der Waals surface area contributed by atoms with E-state index < -0.39 is 5.76 Å². The molecule has 38 heavy (non-hydrogen) atoms. The zero-order valence-corrected chi connectivity index (χ0v) is 25.5. The summed E-state index contributed by atoms with van der Waals surface area (Å²) in [6, 6.07) is 15.9. The average Bonchev–Trinajstić information content (AvgIpc) is 3.36. The van der Waals surface area contributed by atoms with Crippen LogP contribution in [0.25, 0.3) is 22.5 Å². The first-order valence-electron chi connectivity index (χ1n) is 13.0. The molecule has 193 valence electrons. The van der Waals surface area contributed by atoms with Crippen LogP contribution in [-0.2, 0) is 24.1 Å². The average molecular weight is 540 g/mol. The summed E-state index contributed by atoms with van der Waals surface area (Å²) in [7, 11) is 0. The van der Waals surface area contributed by atoms with E-state index in [1.807, 2.05) is 55.5 Å². The Kier molecular flexibility index (Phi) is 10.1. The maximum absolute atomic E-state index is 13.7. The molecule has 1 N–H and O–H groups in total. The molecule has 1 unspecified atom stereocenters. The fourth-order valence-electron chi connectivity index (χ4n) is 5.04. The summed E-state index contributed by atoms with van der Waals surface area (Å²) in [6.45, 7) is 5.34. The number of hydrogen-bond donors (Lipinski definition) is 1. The number of aromatic nitrogens is 4. The number of aryl methyl sites for hydroxylation is 2. The molecular weight excluding hydrogens is 507 g/mol. The molecule has 1 atom stereocenters. The van der Waals surface area contributed by atoms with Crippen molar-refractivity contribution in [1.82, 2.24) is 19.7 Å². The van der Waals surface area contributed by atoms with Gasteiger partial charge in [-0.1, -0.05) is 67.0 Å². The number of benzene rings is 2. The molecule has 3 heterocycles. The second-order valence-corrected chi connectivity index (χ2v) is 9.60. The molecule has 1 fully saturated rings. The maximum atomic E-state index is 13.7. The third-order valence-electron chi connectivity index (χ3n) is 6.95. The van der Waals surface area contributed by atoms with Crippen LogP contribution in [0.2, 0.25) is 0 Å². The zero-order valence-electron chi connectivity index (χ0n) is 22.3. The van der Waals surface area contributed by atoms with E-state index in [9.17, 15) is 9.59 Å². The topological polar surface area (TPSA) is 103 Å². The Morgan fingerprint density at radius 1 is 1.05 bits per heavy atom. The van der Waals surface area contributed by atoms with Gasteiger partial charge in [0.05, 0.1) is 18.3 Å². The second-order valence-electron chi connectivity index (χ2n) is 9.60. The molecule has 0 spiro atoms. The summed E-state index contributed by atoms with van der Waals surface area (Å²) in [5, 5.41) is 3.84. The first kappa shape index (κ1) is 28.9. The van der Waals surface area contributed by atoms with Gasteiger partial charge >= 0.3 is 5.76 Å². The molecule has 1 saturated heterocycles. The van der Waals surface area contributed by atoms with Crippen molar-refractivity contribution in [3.05, 3.63) is 92.1 Å². The molecule has 1 radical (unpaired) electrons. The van der Waals surface area contributed by atoms with Crippen molar-refractivity contribution in [3.8, 4) is 22.5 Å². The Bertz CT molecular complexity index is 1480. The third-order valence-corrected chi connectivity index (χ3v) is 6.95. The fraction of sp³-hybridized carbons (Fsp3) is 0.379. The van der Waals surface area contributed by atoms with Crippen molar-refractivity contribution in [3.63, 3.8) is 0 Å². The largest absolute Gasteiger partial charge is 0.439 e. The zero-order chi connectivity index (χ0) is 25.8. The molecule has 2 aromatic carbocycles. The molecular formula is C29H32KN4O4. The Hall–Kier alpha value is -2.14. The molecule has 0 bridgehead atoms. The van der Waals surface area contributed by atoms with Crippen molar-refractivity contribution < 1.29 is 9.26 Å². The first-order chi connectivity index (χ1) is 18.0. The summed E-state index contributed by atoms with van der Waals surface area (Å²) in [4.78, 5) is 32.6. The van der Waals surface area contributed by atoms with Crippen LogP contribution in [0.3, 0.4) is 0 Å². The second kappa shape index (κ2) is 13.3. The summed E-state index contributed by atoms with van der Waals surface area (Å²) in [6.07, 6.45) is 5.47. The third kappa shape index (κ3) is 6.52. The van der Waals surface area contributed by atoms with Crippen molar-refractivity contribution in [1.29, 1.82) is 0 Å². The van der Waals surface area contributed by atoms with Crippen LogP contribution in [0.1, 0.15) is 55.3 Å². The van der Waals surface area contributed by atoms with Gasteiger partial charge in [0.2, 0.25) is 0 Å². The number of hydrogen-bond acceptors (Lipinski definition) is 6. The summed E-state index contributed by atoms with van der Waals surface area (Å²) >= 11 is 0. The minimum absolute atomic E-state index is 0. The van der Waals surface area contributed by atoms with Gasteiger partial charge in [-0.2, -0.15) is 0 Å². The normalized spacial score (nSPS) is 15.3. The molecule has 8 nitrogen and oxygen atoms in total. The van der Waals surface area contributed by atoms with Crippen LogP contribution in [0, 0.1) is 6.92 Å². The Morgan fingerprint density at radius 3 is 2.47 bits per heavy atom. The number of nitrogens with one attached hydrogen (secondary N) is 1. The standard InChI is InChI=1S/C29H32N4O4.K/c1-3-8-26-25(28(34)33(19(2)30-26)18-22-9-6-7-16-36-22)17-20-12-14-21(15-13-20)23-10-4-5-11-24(23)27-31-29(35)37-32-27;/h4-5,10-15,22H,3,6-9,16-18H2,1-2H3,(H,31,32,35);. The van der Waals surface area contributed by atoms with Gasteiger partial charge in [-0.25, -0.2) is 9.78 Å². The van der Waals surface area contributed by atoms with Crippen molar-refractivity contribution in [2.45, 2.75) is 65.0 Å². The summed E-state index contributed by atoms with van der Waals surface area (Å²) < 4.78 is 12.4. The SMILES string of the molecule is CCCc1nc(C)n(CC2CCCCO2)c(=O)c1Cc1ccc(-c2ccccc2-c2noc(=O)[nH]2)cc1.[K]. The summed E-state index contributed by atoms with van der Waals surface area (Å²) in [5.74, 6) is 0.557. The quantitative estimate of drug-likeness (QED) is 0.335. The number of aromatic amines is 1. The van der Waals surface area contributed by atoms with Gasteiger partial charge in [-0.15, -0.1) is 0 Å². The van der Waals surface area contributed by atoms with Crippen molar-refractivity contribution in [2.75, 3.05) is 6.61 Å². The van der Waals surface area contributed by atoms with E-state index in [0.29, 0.717) is 18.8 Å². The van der Waals surface area contributed by atoms with E-state index in [4.69, 9.17) is 14.2 Å². The van der Waals surface area contributed by atoms with Gasteiger partial charge < -0.3 is 4.74 Å². The van der Waals surface area contributed by atoms with Gasteiger partial charge in [0, 0.05) is 75.5 Å². The number of H-pyrrole nitrogens is 1. The van der Waals surface area contributed by atoms with Crippen LogP contribution >= 0.6 is 0 Å². The fourth-order valence-corrected chi connectivity index (χ4v) is 5.04. The minimum Gasteiger partial charge on any atom is -0.376 e. The van der Waals surface area contributed by atoms with Gasteiger partial charge in [0.1, 0.15) is 5.82 Å². The monoisotopic (exact) mass is 539 g/mol. The molecule has 0 saturated carbocycles. The number of rotatable bonds is 8. The molecule has 1 aliphatic rings. The first-order valence-corrected chi connectivity index (χ1v) is 13.0. The predicted octanol–water partition coefficient (Wildman–Crippen LogP) is 4.29. The van der Waals surface area contributed by atoms with E-state index in [0.717, 1.165) is 78.0 Å². The van der Waals surface area contributed by atoms with Crippen LogP contribution < -0.4 is 11.3 Å². The molecule has 9 heteroatoms. The molecule has 0 amide bonds. The van der Waals surface area contributed by atoms with Crippen LogP contribution in [0.15, 0.2) is 62.6 Å². The van der Waals surface area contributed by atoms with Gasteiger partial charge in [0.15, 0.2) is 5.82 Å². The van der Waals surface area contributed by atoms with E-state index >= 15 is 0 Å². The van der Waals surface area contributed by atoms with E-state index in [1.165, 1.54) is 0 Å². The van der Waals surface area contributed by atoms with Crippen LogP contribution in [0.5, 0.6) is 0 Å². The Balaban J connectivity index is 0.00000336. The van der Waals surface area contributed by atoms with Gasteiger partial charge in [-0.05, 0) is 49.3 Å². The molecule has 4 aromatic rings. The smallest absolute Gasteiger partial charge is 0.376 e. The molecule has 2 aromatic heterocycles. The molecule has 5 rings (SSSR count). The van der Waals surface area contributed by atoms with Crippen LogP contribution in [-0.4, -0.2) is 83.8 Å². The van der Waals surface area contributed by atoms with Gasteiger partial charge in [-0.3, -0.25) is 18.9 Å².